The van der Waals surface area contributed by atoms with Crippen LogP contribution in [0.3, 0.4) is 0 Å². The summed E-state index contributed by atoms with van der Waals surface area (Å²) >= 11 is 0. The molecular weight excluding hydrogens is 350 g/mol. The highest BCUT2D eigenvalue weighted by molar-refractivity contribution is 5.89. The second kappa shape index (κ2) is 7.33. The molecule has 0 radical (unpaired) electrons. The molecule has 27 heavy (non-hydrogen) atoms. The van der Waals surface area contributed by atoms with E-state index in [2.05, 4.69) is 20.3 Å². The summed E-state index contributed by atoms with van der Waals surface area (Å²) in [4.78, 5) is 12.4. The van der Waals surface area contributed by atoms with E-state index in [9.17, 15) is 8.78 Å². The van der Waals surface area contributed by atoms with E-state index in [-0.39, 0.29) is 11.6 Å². The number of hydrogen-bond donors (Lipinski definition) is 1. The lowest BCUT2D eigenvalue weighted by molar-refractivity contribution is 0.461. The molecule has 0 spiro atoms. The number of hydrogen-bond acceptors (Lipinski definition) is 5. The van der Waals surface area contributed by atoms with Gasteiger partial charge in [-0.2, -0.15) is 0 Å². The van der Waals surface area contributed by atoms with Crippen molar-refractivity contribution in [2.75, 3.05) is 5.32 Å². The van der Waals surface area contributed by atoms with Gasteiger partial charge in [0.25, 0.3) is 0 Å². The van der Waals surface area contributed by atoms with Gasteiger partial charge in [0.15, 0.2) is 0 Å². The first-order valence-corrected chi connectivity index (χ1v) is 8.20. The summed E-state index contributed by atoms with van der Waals surface area (Å²) in [6.45, 7) is 0.407. The Kier molecular flexibility index (Phi) is 4.57. The average molecular weight is 364 g/mol. The van der Waals surface area contributed by atoms with Gasteiger partial charge in [0, 0.05) is 18.8 Å². The van der Waals surface area contributed by atoms with Crippen molar-refractivity contribution in [1.82, 2.24) is 15.0 Å². The summed E-state index contributed by atoms with van der Waals surface area (Å²) in [6, 6.07) is 13.9. The Morgan fingerprint density at radius 1 is 0.889 bits per heavy atom. The van der Waals surface area contributed by atoms with Crippen molar-refractivity contribution in [3.8, 4) is 11.6 Å². The maximum absolute atomic E-state index is 14.1. The lowest BCUT2D eigenvalue weighted by Crippen LogP contribution is -2.04. The van der Waals surface area contributed by atoms with Crippen LogP contribution in [0.15, 0.2) is 67.1 Å². The minimum Gasteiger partial charge on any atom is -0.439 e. The van der Waals surface area contributed by atoms with Crippen molar-refractivity contribution in [1.29, 1.82) is 0 Å². The Morgan fingerprint density at radius 3 is 2.52 bits per heavy atom. The molecule has 134 valence electrons. The molecular formula is C20H14F2N4O. The van der Waals surface area contributed by atoms with E-state index >= 15 is 0 Å². The molecule has 2 heterocycles. The summed E-state index contributed by atoms with van der Waals surface area (Å²) in [5, 5.41) is 3.46. The Hall–Kier alpha value is -3.61. The van der Waals surface area contributed by atoms with Crippen LogP contribution in [0, 0.1) is 11.6 Å². The van der Waals surface area contributed by atoms with Gasteiger partial charge in [0.1, 0.15) is 29.5 Å². The zero-order chi connectivity index (χ0) is 18.6. The minimum absolute atomic E-state index is 0.328. The van der Waals surface area contributed by atoms with Gasteiger partial charge in [-0.1, -0.05) is 12.1 Å². The highest BCUT2D eigenvalue weighted by atomic mass is 19.1. The fourth-order valence-electron chi connectivity index (χ4n) is 2.59. The molecule has 4 rings (SSSR count). The molecule has 0 unspecified atom stereocenters. The molecule has 2 aromatic heterocycles. The quantitative estimate of drug-likeness (QED) is 0.556. The molecule has 2 aromatic carbocycles. The van der Waals surface area contributed by atoms with E-state index in [1.165, 1.54) is 36.7 Å². The molecule has 0 atom stereocenters. The normalized spacial score (nSPS) is 10.7. The van der Waals surface area contributed by atoms with Crippen LogP contribution in [-0.4, -0.2) is 15.0 Å². The molecule has 0 aliphatic rings. The molecule has 5 nitrogen and oxygen atoms in total. The van der Waals surface area contributed by atoms with Crippen molar-refractivity contribution in [2.45, 2.75) is 6.54 Å². The Bertz CT molecular complexity index is 1060. The number of nitrogens with one attached hydrogen (secondary N) is 1. The summed E-state index contributed by atoms with van der Waals surface area (Å²) in [5.41, 5.74) is 1.40. The zero-order valence-corrected chi connectivity index (χ0v) is 14.1. The van der Waals surface area contributed by atoms with E-state index in [0.29, 0.717) is 34.9 Å². The average Bonchev–Trinajstić information content (AvgIpc) is 2.69. The summed E-state index contributed by atoms with van der Waals surface area (Å²) < 4.78 is 32.6. The van der Waals surface area contributed by atoms with Crippen molar-refractivity contribution < 1.29 is 13.5 Å². The lowest BCUT2D eigenvalue weighted by atomic mass is 10.2. The lowest BCUT2D eigenvalue weighted by Gasteiger charge is -2.09. The van der Waals surface area contributed by atoms with Crippen molar-refractivity contribution in [3.05, 3.63) is 84.3 Å². The van der Waals surface area contributed by atoms with Gasteiger partial charge < -0.3 is 10.1 Å². The third-order valence-corrected chi connectivity index (χ3v) is 3.91. The van der Waals surface area contributed by atoms with E-state index in [1.807, 2.05) is 6.07 Å². The Morgan fingerprint density at radius 2 is 1.74 bits per heavy atom. The highest BCUT2D eigenvalue weighted by Gasteiger charge is 2.08. The van der Waals surface area contributed by atoms with Crippen LogP contribution in [0.4, 0.5) is 14.6 Å². The van der Waals surface area contributed by atoms with Gasteiger partial charge in [-0.05, 0) is 42.0 Å². The van der Waals surface area contributed by atoms with Crippen molar-refractivity contribution in [2.24, 2.45) is 0 Å². The standard InChI is InChI=1S/C20H14F2N4O/c21-14-5-7-15(8-6-14)27-18-9-4-13(10-23-18)11-24-20-19-16(22)2-1-3-17(19)25-12-26-20/h1-10,12H,11H2,(H,24,25,26). The number of pyridine rings is 1. The van der Waals surface area contributed by atoms with E-state index < -0.39 is 0 Å². The molecule has 4 aromatic rings. The zero-order valence-electron chi connectivity index (χ0n) is 14.1. The van der Waals surface area contributed by atoms with Crippen LogP contribution in [0.2, 0.25) is 0 Å². The second-order valence-corrected chi connectivity index (χ2v) is 5.77. The van der Waals surface area contributed by atoms with Gasteiger partial charge in [-0.15, -0.1) is 0 Å². The monoisotopic (exact) mass is 364 g/mol. The van der Waals surface area contributed by atoms with Gasteiger partial charge in [-0.3, -0.25) is 0 Å². The molecule has 0 saturated carbocycles. The Balaban J connectivity index is 1.46. The summed E-state index contributed by atoms with van der Waals surface area (Å²) in [7, 11) is 0. The van der Waals surface area contributed by atoms with Crippen LogP contribution in [0.1, 0.15) is 5.56 Å². The molecule has 0 bridgehead atoms. The van der Waals surface area contributed by atoms with Crippen molar-refractivity contribution in [3.63, 3.8) is 0 Å². The number of aromatic nitrogens is 3. The molecule has 0 fully saturated rings. The molecule has 7 heteroatoms. The van der Waals surface area contributed by atoms with E-state index in [0.717, 1.165) is 5.56 Å². The van der Waals surface area contributed by atoms with Crippen LogP contribution < -0.4 is 10.1 Å². The third kappa shape index (κ3) is 3.82. The maximum atomic E-state index is 14.1. The highest BCUT2D eigenvalue weighted by Crippen LogP contribution is 2.23. The fraction of sp³-hybridized carbons (Fsp3) is 0.0500. The van der Waals surface area contributed by atoms with Gasteiger partial charge >= 0.3 is 0 Å². The number of fused-ring (bicyclic) bond motifs is 1. The van der Waals surface area contributed by atoms with Crippen LogP contribution >= 0.6 is 0 Å². The predicted octanol–water partition coefficient (Wildman–Crippen LogP) is 4.71. The number of rotatable bonds is 5. The van der Waals surface area contributed by atoms with Crippen molar-refractivity contribution >= 4 is 16.7 Å². The molecule has 0 aliphatic carbocycles. The molecule has 0 aliphatic heterocycles. The topological polar surface area (TPSA) is 59.9 Å². The van der Waals surface area contributed by atoms with Gasteiger partial charge in [-0.25, -0.2) is 23.7 Å². The van der Waals surface area contributed by atoms with Gasteiger partial charge in [0.2, 0.25) is 5.88 Å². The predicted molar refractivity (Wildman–Crippen MR) is 97.5 cm³/mol. The largest absolute Gasteiger partial charge is 0.439 e. The van der Waals surface area contributed by atoms with Crippen LogP contribution in [-0.2, 0) is 6.54 Å². The van der Waals surface area contributed by atoms with Crippen LogP contribution in [0.25, 0.3) is 10.9 Å². The van der Waals surface area contributed by atoms with Crippen LogP contribution in [0.5, 0.6) is 11.6 Å². The number of nitrogens with zero attached hydrogens (tertiary/aromatic N) is 3. The first-order valence-electron chi connectivity index (χ1n) is 8.20. The maximum Gasteiger partial charge on any atom is 0.219 e. The van der Waals surface area contributed by atoms with E-state index in [4.69, 9.17) is 4.74 Å². The first-order chi connectivity index (χ1) is 13.2. The Labute approximate surface area is 153 Å². The minimum atomic E-state index is -0.378. The SMILES string of the molecule is Fc1ccc(Oc2ccc(CNc3ncnc4cccc(F)c34)cn2)cc1. The first kappa shape index (κ1) is 16.8. The summed E-state index contributed by atoms with van der Waals surface area (Å²) in [6.07, 6.45) is 3.04. The fourth-order valence-corrected chi connectivity index (χ4v) is 2.59. The van der Waals surface area contributed by atoms with E-state index in [1.54, 1.807) is 24.4 Å². The third-order valence-electron chi connectivity index (χ3n) is 3.91. The molecule has 1 N–H and O–H groups in total. The number of anilines is 1. The second-order valence-electron chi connectivity index (χ2n) is 5.77. The number of halogens is 2. The smallest absolute Gasteiger partial charge is 0.219 e. The molecule has 0 amide bonds. The van der Waals surface area contributed by atoms with Gasteiger partial charge in [0.05, 0.1) is 10.9 Å². The summed E-state index contributed by atoms with van der Waals surface area (Å²) in [5.74, 6) is 0.605. The number of ether oxygens (including phenoxy) is 1. The molecule has 0 saturated heterocycles. The number of benzene rings is 2.